The molecule has 1 rings (SSSR count). The highest BCUT2D eigenvalue weighted by atomic mass is 16.6. The van der Waals surface area contributed by atoms with Gasteiger partial charge in [-0.15, -0.1) is 0 Å². The van der Waals surface area contributed by atoms with Crippen LogP contribution in [0.1, 0.15) is 19.4 Å². The second-order valence-corrected chi connectivity index (χ2v) is 4.04. The smallest absolute Gasteiger partial charge is 0.405 e. The molecule has 17 heavy (non-hydrogen) atoms. The zero-order valence-electron chi connectivity index (χ0n) is 9.67. The van der Waals surface area contributed by atoms with Crippen LogP contribution in [0.3, 0.4) is 0 Å². The molecule has 0 spiro atoms. The first-order chi connectivity index (χ1) is 7.94. The van der Waals surface area contributed by atoms with Crippen molar-refractivity contribution >= 4 is 12.6 Å². The number of hydrogen-bond acceptors (Lipinski definition) is 5. The van der Waals surface area contributed by atoms with Gasteiger partial charge in [0.15, 0.2) is 0 Å². The van der Waals surface area contributed by atoms with Gasteiger partial charge in [0.2, 0.25) is 5.88 Å². The first-order valence-corrected chi connectivity index (χ1v) is 4.97. The molecule has 0 saturated carbocycles. The Morgan fingerprint density at radius 2 is 2.29 bits per heavy atom. The Hall–Kier alpha value is -2.11. The zero-order valence-corrected chi connectivity index (χ0v) is 9.67. The summed E-state index contributed by atoms with van der Waals surface area (Å²) in [7, 11) is 0. The maximum absolute atomic E-state index is 10.7. The lowest BCUT2D eigenvalue weighted by Crippen LogP contribution is -2.33. The summed E-state index contributed by atoms with van der Waals surface area (Å²) < 4.78 is 9.67. The number of ether oxygens (including phenoxy) is 2. The van der Waals surface area contributed by atoms with Crippen LogP contribution in [0.4, 0.5) is 4.79 Å². The molecule has 0 aliphatic rings. The monoisotopic (exact) mass is 238 g/mol. The van der Waals surface area contributed by atoms with Crippen molar-refractivity contribution in [1.29, 1.82) is 0 Å². The Bertz CT molecular complexity index is 418. The number of nitrogens with zero attached hydrogens (tertiary/aromatic N) is 1. The molecule has 0 bridgehead atoms. The van der Waals surface area contributed by atoms with Crippen LogP contribution in [0.2, 0.25) is 0 Å². The first-order valence-electron chi connectivity index (χ1n) is 4.97. The number of primary amides is 1. The summed E-state index contributed by atoms with van der Waals surface area (Å²) >= 11 is 0. The summed E-state index contributed by atoms with van der Waals surface area (Å²) in [5, 5.41) is 0. The Balaban J connectivity index is 2.86. The van der Waals surface area contributed by atoms with Gasteiger partial charge in [0.05, 0.1) is 0 Å². The van der Waals surface area contributed by atoms with Gasteiger partial charge in [0.25, 0.3) is 6.47 Å². The summed E-state index contributed by atoms with van der Waals surface area (Å²) in [6.07, 6.45) is 0.994. The van der Waals surface area contributed by atoms with Crippen LogP contribution >= 0.6 is 0 Å². The van der Waals surface area contributed by atoms with Crippen molar-refractivity contribution in [1.82, 2.24) is 4.98 Å². The van der Waals surface area contributed by atoms with Crippen molar-refractivity contribution in [2.24, 2.45) is 5.73 Å². The quantitative estimate of drug-likeness (QED) is 0.773. The van der Waals surface area contributed by atoms with Crippen molar-refractivity contribution < 1.29 is 19.1 Å². The predicted octanol–water partition coefficient (Wildman–Crippen LogP) is 1.03. The Morgan fingerprint density at radius 3 is 2.88 bits per heavy atom. The molecule has 92 valence electrons. The van der Waals surface area contributed by atoms with E-state index in [0.29, 0.717) is 18.5 Å². The fourth-order valence-electron chi connectivity index (χ4n) is 1.48. The van der Waals surface area contributed by atoms with E-state index in [1.165, 1.54) is 6.20 Å². The molecule has 0 aromatic carbocycles. The van der Waals surface area contributed by atoms with Gasteiger partial charge in [-0.1, -0.05) is 6.07 Å². The first kappa shape index (κ1) is 13.0. The molecule has 0 radical (unpaired) electrons. The van der Waals surface area contributed by atoms with Crippen LogP contribution in [0.15, 0.2) is 18.3 Å². The molecule has 1 aromatic heterocycles. The highest BCUT2D eigenvalue weighted by Gasteiger charge is 2.24. The molecule has 0 atom stereocenters. The van der Waals surface area contributed by atoms with Gasteiger partial charge in [0, 0.05) is 18.2 Å². The summed E-state index contributed by atoms with van der Waals surface area (Å²) in [4.78, 5) is 24.9. The van der Waals surface area contributed by atoms with E-state index >= 15 is 0 Å². The van der Waals surface area contributed by atoms with Gasteiger partial charge >= 0.3 is 6.09 Å². The lowest BCUT2D eigenvalue weighted by Gasteiger charge is -2.24. The number of carbonyl (C=O) groups excluding carboxylic acids is 2. The molecule has 2 N–H and O–H groups in total. The van der Waals surface area contributed by atoms with Gasteiger partial charge in [-0.05, 0) is 19.9 Å². The van der Waals surface area contributed by atoms with Crippen molar-refractivity contribution in [2.45, 2.75) is 25.9 Å². The van der Waals surface area contributed by atoms with E-state index in [1.807, 2.05) is 0 Å². The van der Waals surface area contributed by atoms with E-state index in [0.717, 1.165) is 0 Å². The normalized spacial score (nSPS) is 10.7. The number of carbonyl (C=O) groups is 2. The average molecular weight is 238 g/mol. The molecule has 1 aromatic rings. The SMILES string of the molecule is CC(C)(Cc1cccnc1OC=O)OC(N)=O. The highest BCUT2D eigenvalue weighted by Crippen LogP contribution is 2.22. The highest BCUT2D eigenvalue weighted by molar-refractivity contribution is 5.65. The number of amides is 1. The lowest BCUT2D eigenvalue weighted by atomic mass is 9.99. The second-order valence-electron chi connectivity index (χ2n) is 4.04. The molecule has 1 heterocycles. The minimum Gasteiger partial charge on any atom is -0.443 e. The standard InChI is InChI=1S/C11H14N2O4/c1-11(2,17-10(12)15)6-8-4-3-5-13-9(8)16-7-14/h3-5,7H,6H2,1-2H3,(H2,12,15). The average Bonchev–Trinajstić information content (AvgIpc) is 2.18. The van der Waals surface area contributed by atoms with E-state index in [-0.39, 0.29) is 5.88 Å². The van der Waals surface area contributed by atoms with Crippen LogP contribution in [-0.2, 0) is 16.0 Å². The third kappa shape index (κ3) is 4.10. The van der Waals surface area contributed by atoms with E-state index in [4.69, 9.17) is 15.2 Å². The Labute approximate surface area is 98.7 Å². The van der Waals surface area contributed by atoms with E-state index in [2.05, 4.69) is 4.98 Å². The topological polar surface area (TPSA) is 91.5 Å². The van der Waals surface area contributed by atoms with Crippen LogP contribution in [0.5, 0.6) is 5.88 Å². The van der Waals surface area contributed by atoms with Crippen LogP contribution in [0, 0.1) is 0 Å². The number of rotatable bonds is 5. The van der Waals surface area contributed by atoms with Crippen LogP contribution < -0.4 is 10.5 Å². The molecule has 0 saturated heterocycles. The maximum atomic E-state index is 10.7. The molecule has 0 fully saturated rings. The van der Waals surface area contributed by atoms with Crippen molar-refractivity contribution in [3.05, 3.63) is 23.9 Å². The predicted molar refractivity (Wildman–Crippen MR) is 59.4 cm³/mol. The van der Waals surface area contributed by atoms with Crippen molar-refractivity contribution in [3.8, 4) is 5.88 Å². The van der Waals surface area contributed by atoms with E-state index in [9.17, 15) is 9.59 Å². The van der Waals surface area contributed by atoms with Crippen LogP contribution in [0.25, 0.3) is 0 Å². The number of hydrogen-bond donors (Lipinski definition) is 1. The largest absolute Gasteiger partial charge is 0.443 e. The van der Waals surface area contributed by atoms with Gasteiger partial charge in [-0.3, -0.25) is 4.79 Å². The number of nitrogens with two attached hydrogens (primary N) is 1. The number of aromatic nitrogens is 1. The molecular weight excluding hydrogens is 224 g/mol. The molecule has 0 aliphatic carbocycles. The molecule has 1 amide bonds. The molecule has 6 heteroatoms. The third-order valence-electron chi connectivity index (χ3n) is 2.00. The molecular formula is C11H14N2O4. The maximum Gasteiger partial charge on any atom is 0.405 e. The molecule has 0 unspecified atom stereocenters. The number of pyridine rings is 1. The van der Waals surface area contributed by atoms with E-state index in [1.54, 1.807) is 26.0 Å². The zero-order chi connectivity index (χ0) is 12.9. The summed E-state index contributed by atoms with van der Waals surface area (Å²) in [5.41, 5.74) is 4.83. The minimum atomic E-state index is -0.850. The van der Waals surface area contributed by atoms with E-state index < -0.39 is 11.7 Å². The fraction of sp³-hybridized carbons (Fsp3) is 0.364. The lowest BCUT2D eigenvalue weighted by molar-refractivity contribution is -0.121. The second kappa shape index (κ2) is 5.29. The molecule has 6 nitrogen and oxygen atoms in total. The van der Waals surface area contributed by atoms with Crippen molar-refractivity contribution in [2.75, 3.05) is 0 Å². The minimum absolute atomic E-state index is 0.198. The summed E-state index contributed by atoms with van der Waals surface area (Å²) in [6.45, 7) is 3.71. The Morgan fingerprint density at radius 1 is 1.59 bits per heavy atom. The fourth-order valence-corrected chi connectivity index (χ4v) is 1.48. The van der Waals surface area contributed by atoms with Crippen LogP contribution in [-0.4, -0.2) is 23.2 Å². The Kier molecular flexibility index (Phi) is 4.03. The summed E-state index contributed by atoms with van der Waals surface area (Å²) in [5.74, 6) is 0.198. The molecule has 0 aliphatic heterocycles. The summed E-state index contributed by atoms with van der Waals surface area (Å²) in [6, 6.07) is 3.44. The van der Waals surface area contributed by atoms with Gasteiger partial charge in [0.1, 0.15) is 5.60 Å². The van der Waals surface area contributed by atoms with Crippen molar-refractivity contribution in [3.63, 3.8) is 0 Å². The van der Waals surface area contributed by atoms with Gasteiger partial charge in [-0.25, -0.2) is 9.78 Å². The van der Waals surface area contributed by atoms with Gasteiger partial charge < -0.3 is 15.2 Å². The third-order valence-corrected chi connectivity index (χ3v) is 2.00. The van der Waals surface area contributed by atoms with Gasteiger partial charge in [-0.2, -0.15) is 0 Å².